The molecule has 5 heteroatoms. The highest BCUT2D eigenvalue weighted by molar-refractivity contribution is 7.99. The Labute approximate surface area is 109 Å². The lowest BCUT2D eigenvalue weighted by Gasteiger charge is -1.99. The van der Waals surface area contributed by atoms with Crippen LogP contribution in [0, 0.1) is 0 Å². The Kier molecular flexibility index (Phi) is 3.00. The number of aromatic nitrogens is 3. The van der Waals surface area contributed by atoms with Crippen LogP contribution in [0.2, 0.25) is 0 Å². The largest absolute Gasteiger partial charge is 0.333 e. The van der Waals surface area contributed by atoms with Gasteiger partial charge in [-0.05, 0) is 36.0 Å². The van der Waals surface area contributed by atoms with E-state index < -0.39 is 0 Å². The fraction of sp³-hybridized carbons (Fsp3) is 0.0769. The SMILES string of the molecule is NCc1cccc(Sc2nc3ccccc3[nH]2)n1. The smallest absolute Gasteiger partial charge is 0.172 e. The first kappa shape index (κ1) is 11.3. The van der Waals surface area contributed by atoms with Crippen LogP contribution >= 0.6 is 11.8 Å². The predicted octanol–water partition coefficient (Wildman–Crippen LogP) is 2.57. The van der Waals surface area contributed by atoms with Crippen molar-refractivity contribution in [1.82, 2.24) is 15.0 Å². The average molecular weight is 256 g/mol. The highest BCUT2D eigenvalue weighted by Crippen LogP contribution is 2.25. The zero-order valence-corrected chi connectivity index (χ0v) is 10.4. The molecule has 4 nitrogen and oxygen atoms in total. The van der Waals surface area contributed by atoms with Gasteiger partial charge in [0.25, 0.3) is 0 Å². The molecule has 3 rings (SSSR count). The highest BCUT2D eigenvalue weighted by atomic mass is 32.2. The van der Waals surface area contributed by atoms with Crippen LogP contribution in [0.3, 0.4) is 0 Å². The molecule has 0 unspecified atom stereocenters. The van der Waals surface area contributed by atoms with Crippen molar-refractivity contribution < 1.29 is 0 Å². The number of pyridine rings is 1. The Morgan fingerprint density at radius 3 is 2.78 bits per heavy atom. The highest BCUT2D eigenvalue weighted by Gasteiger charge is 2.05. The third kappa shape index (κ3) is 2.23. The molecule has 2 heterocycles. The molecular formula is C13H12N4S. The number of fused-ring (bicyclic) bond motifs is 1. The standard InChI is InChI=1S/C13H12N4S/c14-8-9-4-3-7-12(15-9)18-13-16-10-5-1-2-6-11(10)17-13/h1-7H,8,14H2,(H,16,17). The molecule has 3 aromatic rings. The minimum Gasteiger partial charge on any atom is -0.333 e. The molecule has 0 aliphatic heterocycles. The maximum absolute atomic E-state index is 5.58. The van der Waals surface area contributed by atoms with Crippen molar-refractivity contribution in [2.45, 2.75) is 16.7 Å². The molecule has 0 bridgehead atoms. The van der Waals surface area contributed by atoms with Gasteiger partial charge in [-0.2, -0.15) is 0 Å². The monoisotopic (exact) mass is 256 g/mol. The maximum Gasteiger partial charge on any atom is 0.172 e. The van der Waals surface area contributed by atoms with E-state index in [1.807, 2.05) is 42.5 Å². The van der Waals surface area contributed by atoms with E-state index in [9.17, 15) is 0 Å². The second-order valence-electron chi connectivity index (χ2n) is 3.83. The van der Waals surface area contributed by atoms with Crippen molar-refractivity contribution >= 4 is 22.8 Å². The Bertz CT molecular complexity index is 644. The van der Waals surface area contributed by atoms with Crippen LogP contribution in [0.4, 0.5) is 0 Å². The van der Waals surface area contributed by atoms with Crippen molar-refractivity contribution in [3.05, 3.63) is 48.2 Å². The molecule has 1 aromatic carbocycles. The Morgan fingerprint density at radius 1 is 1.06 bits per heavy atom. The first-order valence-electron chi connectivity index (χ1n) is 5.64. The van der Waals surface area contributed by atoms with E-state index in [1.165, 1.54) is 11.8 Å². The molecule has 0 aliphatic rings. The van der Waals surface area contributed by atoms with Crippen molar-refractivity contribution in [3.63, 3.8) is 0 Å². The lowest BCUT2D eigenvalue weighted by atomic mass is 10.3. The van der Waals surface area contributed by atoms with Gasteiger partial charge < -0.3 is 10.7 Å². The van der Waals surface area contributed by atoms with Gasteiger partial charge in [-0.3, -0.25) is 0 Å². The summed E-state index contributed by atoms with van der Waals surface area (Å²) in [7, 11) is 0. The van der Waals surface area contributed by atoms with Crippen molar-refractivity contribution in [2.24, 2.45) is 5.73 Å². The van der Waals surface area contributed by atoms with E-state index >= 15 is 0 Å². The van der Waals surface area contributed by atoms with E-state index in [0.717, 1.165) is 26.9 Å². The van der Waals surface area contributed by atoms with Crippen LogP contribution in [0.5, 0.6) is 0 Å². The molecule has 0 fully saturated rings. The molecule has 90 valence electrons. The second-order valence-corrected chi connectivity index (χ2v) is 4.84. The lowest BCUT2D eigenvalue weighted by molar-refractivity contribution is 0.938. The number of nitrogens with zero attached hydrogens (tertiary/aromatic N) is 2. The van der Waals surface area contributed by atoms with Gasteiger partial charge >= 0.3 is 0 Å². The minimum atomic E-state index is 0.453. The summed E-state index contributed by atoms with van der Waals surface area (Å²) in [6.45, 7) is 0.453. The summed E-state index contributed by atoms with van der Waals surface area (Å²) in [5.74, 6) is 0. The quantitative estimate of drug-likeness (QED) is 0.755. The van der Waals surface area contributed by atoms with Gasteiger partial charge in [0.05, 0.1) is 16.7 Å². The van der Waals surface area contributed by atoms with Crippen LogP contribution in [0.25, 0.3) is 11.0 Å². The van der Waals surface area contributed by atoms with Crippen molar-refractivity contribution in [1.29, 1.82) is 0 Å². The fourth-order valence-electron chi connectivity index (χ4n) is 1.70. The van der Waals surface area contributed by atoms with Gasteiger partial charge in [0.15, 0.2) is 5.16 Å². The molecular weight excluding hydrogens is 244 g/mol. The van der Waals surface area contributed by atoms with Crippen molar-refractivity contribution in [2.75, 3.05) is 0 Å². The Balaban J connectivity index is 1.91. The van der Waals surface area contributed by atoms with Crippen LogP contribution < -0.4 is 5.73 Å². The van der Waals surface area contributed by atoms with Crippen LogP contribution in [0.15, 0.2) is 52.6 Å². The van der Waals surface area contributed by atoms with Gasteiger partial charge in [0.1, 0.15) is 5.03 Å². The number of hydrogen-bond acceptors (Lipinski definition) is 4. The maximum atomic E-state index is 5.58. The number of benzene rings is 1. The molecule has 0 amide bonds. The first-order valence-corrected chi connectivity index (χ1v) is 6.45. The zero-order valence-electron chi connectivity index (χ0n) is 9.63. The van der Waals surface area contributed by atoms with E-state index in [2.05, 4.69) is 15.0 Å². The number of rotatable bonds is 3. The summed E-state index contributed by atoms with van der Waals surface area (Å²) in [5, 5.41) is 1.75. The summed E-state index contributed by atoms with van der Waals surface area (Å²) < 4.78 is 0. The van der Waals surface area contributed by atoms with E-state index in [-0.39, 0.29) is 0 Å². The topological polar surface area (TPSA) is 67.6 Å². The van der Waals surface area contributed by atoms with Gasteiger partial charge in [-0.1, -0.05) is 18.2 Å². The fourth-order valence-corrected chi connectivity index (χ4v) is 2.52. The van der Waals surface area contributed by atoms with Gasteiger partial charge in [-0.25, -0.2) is 9.97 Å². The number of aromatic amines is 1. The predicted molar refractivity (Wildman–Crippen MR) is 72.3 cm³/mol. The number of hydrogen-bond donors (Lipinski definition) is 2. The number of nitrogens with two attached hydrogens (primary N) is 1. The normalized spacial score (nSPS) is 10.9. The van der Waals surface area contributed by atoms with Crippen LogP contribution in [-0.4, -0.2) is 15.0 Å². The van der Waals surface area contributed by atoms with E-state index in [4.69, 9.17) is 5.73 Å². The lowest BCUT2D eigenvalue weighted by Crippen LogP contribution is -1.99. The minimum absolute atomic E-state index is 0.453. The van der Waals surface area contributed by atoms with E-state index in [0.29, 0.717) is 6.54 Å². The molecule has 3 N–H and O–H groups in total. The number of imidazole rings is 1. The van der Waals surface area contributed by atoms with Gasteiger partial charge in [0, 0.05) is 6.54 Å². The summed E-state index contributed by atoms with van der Waals surface area (Å²) >= 11 is 1.51. The molecule has 0 saturated heterocycles. The molecule has 0 atom stereocenters. The second kappa shape index (κ2) is 4.80. The summed E-state index contributed by atoms with van der Waals surface area (Å²) in [5.41, 5.74) is 8.47. The number of H-pyrrole nitrogens is 1. The number of para-hydroxylation sites is 2. The Hall–Kier alpha value is -1.85. The molecule has 0 spiro atoms. The Morgan fingerprint density at radius 2 is 1.94 bits per heavy atom. The van der Waals surface area contributed by atoms with Gasteiger partial charge in [0.2, 0.25) is 0 Å². The first-order chi connectivity index (χ1) is 8.85. The third-order valence-electron chi connectivity index (χ3n) is 2.56. The van der Waals surface area contributed by atoms with Crippen LogP contribution in [0.1, 0.15) is 5.69 Å². The molecule has 0 radical (unpaired) electrons. The van der Waals surface area contributed by atoms with Crippen molar-refractivity contribution in [3.8, 4) is 0 Å². The van der Waals surface area contributed by atoms with Gasteiger partial charge in [-0.15, -0.1) is 0 Å². The summed E-state index contributed by atoms with van der Waals surface area (Å²) in [6.07, 6.45) is 0. The molecule has 18 heavy (non-hydrogen) atoms. The average Bonchev–Trinajstić information content (AvgIpc) is 2.81. The van der Waals surface area contributed by atoms with Crippen LogP contribution in [-0.2, 0) is 6.54 Å². The summed E-state index contributed by atoms with van der Waals surface area (Å²) in [6, 6.07) is 13.8. The molecule has 0 aliphatic carbocycles. The molecule has 2 aromatic heterocycles. The summed E-state index contributed by atoms with van der Waals surface area (Å²) in [4.78, 5) is 12.2. The zero-order chi connectivity index (χ0) is 12.4. The number of nitrogens with one attached hydrogen (secondary N) is 1. The third-order valence-corrected chi connectivity index (χ3v) is 3.38. The van der Waals surface area contributed by atoms with E-state index in [1.54, 1.807) is 0 Å². The molecule has 0 saturated carbocycles.